The third-order valence-electron chi connectivity index (χ3n) is 4.12. The summed E-state index contributed by atoms with van der Waals surface area (Å²) < 4.78 is 0. The van der Waals surface area contributed by atoms with Gasteiger partial charge in [0.05, 0.1) is 0 Å². The molecule has 0 radical (unpaired) electrons. The zero-order chi connectivity index (χ0) is 12.4. The first-order chi connectivity index (χ1) is 8.81. The Kier molecular flexibility index (Phi) is 4.25. The summed E-state index contributed by atoms with van der Waals surface area (Å²) in [7, 11) is 0. The first-order valence-corrected chi connectivity index (χ1v) is 9.10. The van der Waals surface area contributed by atoms with Gasteiger partial charge in [0.15, 0.2) is 0 Å². The molecule has 1 heterocycles. The molecule has 0 bridgehead atoms. The zero-order valence-corrected chi connectivity index (χ0v) is 12.7. The van der Waals surface area contributed by atoms with Crippen molar-refractivity contribution in [2.45, 2.75) is 54.4 Å². The standard InChI is InChI=1S/C16H22S2/c1-12-5-4-7-14(9-12)17-11-15-10-13-6-2-3-8-16(13)18-15/h2-3,6,8,12,14-15H,4-5,7,9-11H2,1H3. The highest BCUT2D eigenvalue weighted by molar-refractivity contribution is 8.03. The zero-order valence-electron chi connectivity index (χ0n) is 11.1. The minimum absolute atomic E-state index is 0.824. The molecule has 3 unspecified atom stereocenters. The Morgan fingerprint density at radius 1 is 1.28 bits per heavy atom. The molecule has 0 saturated heterocycles. The maximum absolute atomic E-state index is 2.42. The SMILES string of the molecule is CC1CCCC(SCC2Cc3ccccc3S2)C1. The highest BCUT2D eigenvalue weighted by Gasteiger charge is 2.24. The maximum Gasteiger partial charge on any atom is 0.0226 e. The molecule has 3 rings (SSSR count). The van der Waals surface area contributed by atoms with Crippen molar-refractivity contribution in [2.75, 3.05) is 5.75 Å². The molecule has 98 valence electrons. The van der Waals surface area contributed by atoms with Crippen LogP contribution in [0.5, 0.6) is 0 Å². The van der Waals surface area contributed by atoms with Crippen LogP contribution in [-0.4, -0.2) is 16.3 Å². The summed E-state index contributed by atoms with van der Waals surface area (Å²) in [5.74, 6) is 2.31. The van der Waals surface area contributed by atoms with Crippen LogP contribution in [0.2, 0.25) is 0 Å². The van der Waals surface area contributed by atoms with E-state index in [1.54, 1.807) is 5.56 Å². The Bertz CT molecular complexity index is 377. The van der Waals surface area contributed by atoms with E-state index < -0.39 is 0 Å². The van der Waals surface area contributed by atoms with Gasteiger partial charge < -0.3 is 0 Å². The molecule has 0 amide bonds. The van der Waals surface area contributed by atoms with E-state index in [1.165, 1.54) is 42.8 Å². The third-order valence-corrected chi connectivity index (χ3v) is 7.14. The molecule has 18 heavy (non-hydrogen) atoms. The smallest absolute Gasteiger partial charge is 0.0226 e. The van der Waals surface area contributed by atoms with Gasteiger partial charge in [-0.2, -0.15) is 11.8 Å². The van der Waals surface area contributed by atoms with E-state index in [-0.39, 0.29) is 0 Å². The largest absolute Gasteiger partial charge is 0.157 e. The fourth-order valence-electron chi connectivity index (χ4n) is 3.12. The second kappa shape index (κ2) is 5.92. The van der Waals surface area contributed by atoms with Crippen LogP contribution in [0.4, 0.5) is 0 Å². The lowest BCUT2D eigenvalue weighted by atomic mass is 9.91. The molecule has 1 aromatic rings. The first-order valence-electron chi connectivity index (χ1n) is 7.17. The second-order valence-electron chi connectivity index (χ2n) is 5.78. The minimum Gasteiger partial charge on any atom is -0.157 e. The molecule has 3 atom stereocenters. The predicted molar refractivity (Wildman–Crippen MR) is 83.7 cm³/mol. The number of rotatable bonds is 3. The van der Waals surface area contributed by atoms with Crippen LogP contribution in [0, 0.1) is 5.92 Å². The average Bonchev–Trinajstić information content (AvgIpc) is 2.79. The van der Waals surface area contributed by atoms with Crippen LogP contribution in [-0.2, 0) is 6.42 Å². The Morgan fingerprint density at radius 2 is 2.17 bits per heavy atom. The van der Waals surface area contributed by atoms with Crippen molar-refractivity contribution in [2.24, 2.45) is 5.92 Å². The number of thioether (sulfide) groups is 2. The normalized spacial score (nSPS) is 31.3. The summed E-state index contributed by atoms with van der Waals surface area (Å²) in [5, 5.41) is 1.77. The van der Waals surface area contributed by atoms with Crippen LogP contribution in [0.1, 0.15) is 38.2 Å². The van der Waals surface area contributed by atoms with Crippen LogP contribution >= 0.6 is 23.5 Å². The van der Waals surface area contributed by atoms with Gasteiger partial charge in [-0.15, -0.1) is 11.8 Å². The quantitative estimate of drug-likeness (QED) is 0.762. The Morgan fingerprint density at radius 3 is 3.00 bits per heavy atom. The van der Waals surface area contributed by atoms with Crippen LogP contribution in [0.25, 0.3) is 0 Å². The molecule has 1 aromatic carbocycles. The maximum atomic E-state index is 2.42. The van der Waals surface area contributed by atoms with Crippen LogP contribution in [0.15, 0.2) is 29.2 Å². The van der Waals surface area contributed by atoms with Crippen molar-refractivity contribution in [1.82, 2.24) is 0 Å². The van der Waals surface area contributed by atoms with Gasteiger partial charge in [-0.3, -0.25) is 0 Å². The number of hydrogen-bond acceptors (Lipinski definition) is 2. The molecule has 1 fully saturated rings. The highest BCUT2D eigenvalue weighted by Crippen LogP contribution is 2.40. The van der Waals surface area contributed by atoms with E-state index in [9.17, 15) is 0 Å². The Balaban J connectivity index is 1.48. The van der Waals surface area contributed by atoms with Crippen molar-refractivity contribution in [3.63, 3.8) is 0 Å². The number of benzene rings is 1. The third kappa shape index (κ3) is 3.08. The Labute approximate surface area is 119 Å². The van der Waals surface area contributed by atoms with Crippen molar-refractivity contribution >= 4 is 23.5 Å². The molecule has 0 nitrogen and oxygen atoms in total. The van der Waals surface area contributed by atoms with Gasteiger partial charge in [-0.05, 0) is 36.8 Å². The van der Waals surface area contributed by atoms with E-state index in [0.29, 0.717) is 0 Å². The average molecular weight is 278 g/mol. The van der Waals surface area contributed by atoms with E-state index in [1.807, 2.05) is 0 Å². The van der Waals surface area contributed by atoms with E-state index >= 15 is 0 Å². The molecule has 1 aliphatic heterocycles. The number of hydrogen-bond donors (Lipinski definition) is 0. The summed E-state index contributed by atoms with van der Waals surface area (Å²) in [6, 6.07) is 8.94. The fourth-order valence-corrected chi connectivity index (χ4v) is 6.11. The first kappa shape index (κ1) is 12.9. The second-order valence-corrected chi connectivity index (χ2v) is 8.45. The summed E-state index contributed by atoms with van der Waals surface area (Å²) in [5.41, 5.74) is 1.57. The molecular formula is C16H22S2. The van der Waals surface area contributed by atoms with E-state index in [4.69, 9.17) is 0 Å². The lowest BCUT2D eigenvalue weighted by Gasteiger charge is -2.26. The van der Waals surface area contributed by atoms with E-state index in [0.717, 1.165) is 16.4 Å². The lowest BCUT2D eigenvalue weighted by molar-refractivity contribution is 0.394. The van der Waals surface area contributed by atoms with Crippen molar-refractivity contribution in [3.8, 4) is 0 Å². The van der Waals surface area contributed by atoms with Crippen molar-refractivity contribution in [1.29, 1.82) is 0 Å². The Hall–Kier alpha value is -0.0800. The summed E-state index contributed by atoms with van der Waals surface area (Å²) in [6.07, 6.45) is 7.11. The highest BCUT2D eigenvalue weighted by atomic mass is 32.2. The van der Waals surface area contributed by atoms with Gasteiger partial charge in [0, 0.05) is 21.1 Å². The molecular weight excluding hydrogens is 256 g/mol. The van der Waals surface area contributed by atoms with Gasteiger partial charge in [-0.25, -0.2) is 0 Å². The molecule has 1 saturated carbocycles. The predicted octanol–water partition coefficient (Wildman–Crippen LogP) is 5.02. The molecule has 2 heteroatoms. The topological polar surface area (TPSA) is 0 Å². The van der Waals surface area contributed by atoms with Gasteiger partial charge in [0.1, 0.15) is 0 Å². The summed E-state index contributed by atoms with van der Waals surface area (Å²) >= 11 is 4.35. The van der Waals surface area contributed by atoms with Crippen molar-refractivity contribution in [3.05, 3.63) is 29.8 Å². The lowest BCUT2D eigenvalue weighted by Crippen LogP contribution is -2.17. The van der Waals surface area contributed by atoms with E-state index in [2.05, 4.69) is 54.7 Å². The monoisotopic (exact) mass is 278 g/mol. The van der Waals surface area contributed by atoms with Gasteiger partial charge in [-0.1, -0.05) is 38.0 Å². The van der Waals surface area contributed by atoms with Crippen LogP contribution < -0.4 is 0 Å². The minimum atomic E-state index is 0.824. The molecule has 0 aromatic heterocycles. The fraction of sp³-hybridized carbons (Fsp3) is 0.625. The van der Waals surface area contributed by atoms with Gasteiger partial charge in [0.25, 0.3) is 0 Å². The van der Waals surface area contributed by atoms with Gasteiger partial charge >= 0.3 is 0 Å². The molecule has 0 N–H and O–H groups in total. The summed E-state index contributed by atoms with van der Waals surface area (Å²) in [4.78, 5) is 1.53. The van der Waals surface area contributed by atoms with Crippen molar-refractivity contribution < 1.29 is 0 Å². The molecule has 1 aliphatic carbocycles. The van der Waals surface area contributed by atoms with Gasteiger partial charge in [0.2, 0.25) is 0 Å². The number of fused-ring (bicyclic) bond motifs is 1. The molecule has 0 spiro atoms. The molecule has 2 aliphatic rings. The summed E-state index contributed by atoms with van der Waals surface area (Å²) in [6.45, 7) is 2.42. The van der Waals surface area contributed by atoms with Crippen LogP contribution in [0.3, 0.4) is 0 Å².